The number of benzene rings is 1. The summed E-state index contributed by atoms with van der Waals surface area (Å²) in [6.07, 6.45) is 0. The van der Waals surface area contributed by atoms with E-state index in [2.05, 4.69) is 5.32 Å². The number of hydrogen-bond donors (Lipinski definition) is 1. The summed E-state index contributed by atoms with van der Waals surface area (Å²) in [5, 5.41) is 2.65. The largest absolute Gasteiger partial charge is 0.375 e. The maximum Gasteiger partial charge on any atom is 0.250 e. The van der Waals surface area contributed by atoms with E-state index in [-0.39, 0.29) is 18.3 Å². The van der Waals surface area contributed by atoms with Crippen molar-refractivity contribution >= 4 is 17.4 Å². The molecule has 4 heteroatoms. The molecule has 0 fully saturated rings. The van der Waals surface area contributed by atoms with E-state index in [0.29, 0.717) is 11.3 Å². The fourth-order valence-electron chi connectivity index (χ4n) is 1.56. The lowest BCUT2D eigenvalue weighted by molar-refractivity contribution is -0.119. The summed E-state index contributed by atoms with van der Waals surface area (Å²) in [6.45, 7) is 3.29. The van der Waals surface area contributed by atoms with E-state index in [9.17, 15) is 9.59 Å². The van der Waals surface area contributed by atoms with Crippen LogP contribution in [0.25, 0.3) is 0 Å². The number of nitrogens with one attached hydrogen (secondary N) is 1. The van der Waals surface area contributed by atoms with Gasteiger partial charge in [-0.2, -0.15) is 0 Å². The molecule has 0 aliphatic carbocycles. The number of Topliss-reactive ketones (excluding diaryl/α,β-unsaturated/α-hetero) is 1. The number of aryl methyl sites for hydroxylation is 1. The molecule has 16 heavy (non-hydrogen) atoms. The second kappa shape index (κ2) is 5.42. The Morgan fingerprint density at radius 1 is 1.38 bits per heavy atom. The molecule has 4 nitrogen and oxygen atoms in total. The first-order valence-corrected chi connectivity index (χ1v) is 4.95. The maximum absolute atomic E-state index is 11.4. The third-order valence-corrected chi connectivity index (χ3v) is 2.17. The quantitative estimate of drug-likeness (QED) is 0.788. The predicted octanol–water partition coefficient (Wildman–Crippen LogP) is 1.78. The molecule has 0 unspecified atom stereocenters. The fraction of sp³-hybridized carbons (Fsp3) is 0.333. The highest BCUT2D eigenvalue weighted by molar-refractivity contribution is 6.05. The van der Waals surface area contributed by atoms with Crippen LogP contribution in [0.2, 0.25) is 0 Å². The second-order valence-corrected chi connectivity index (χ2v) is 3.53. The lowest BCUT2D eigenvalue weighted by Gasteiger charge is -2.10. The van der Waals surface area contributed by atoms with E-state index in [1.165, 1.54) is 14.0 Å². The molecule has 1 aromatic carbocycles. The number of anilines is 1. The van der Waals surface area contributed by atoms with E-state index >= 15 is 0 Å². The molecule has 0 aromatic heterocycles. The van der Waals surface area contributed by atoms with Crippen molar-refractivity contribution in [2.24, 2.45) is 0 Å². The topological polar surface area (TPSA) is 55.4 Å². The molecule has 0 saturated heterocycles. The first kappa shape index (κ1) is 12.4. The Bertz CT molecular complexity index is 413. The lowest BCUT2D eigenvalue weighted by atomic mass is 10.0. The Labute approximate surface area is 94.6 Å². The summed E-state index contributed by atoms with van der Waals surface area (Å²) in [5.74, 6) is -0.332. The molecule has 0 heterocycles. The van der Waals surface area contributed by atoms with Crippen molar-refractivity contribution in [2.75, 3.05) is 19.0 Å². The van der Waals surface area contributed by atoms with E-state index in [4.69, 9.17) is 4.74 Å². The van der Waals surface area contributed by atoms with Gasteiger partial charge < -0.3 is 10.1 Å². The molecule has 1 N–H and O–H groups in total. The molecule has 0 atom stereocenters. The minimum atomic E-state index is -0.268. The highest BCUT2D eigenvalue weighted by Crippen LogP contribution is 2.19. The Morgan fingerprint density at radius 3 is 2.62 bits per heavy atom. The summed E-state index contributed by atoms with van der Waals surface area (Å²) < 4.78 is 4.71. The van der Waals surface area contributed by atoms with Gasteiger partial charge in [-0.15, -0.1) is 0 Å². The third-order valence-electron chi connectivity index (χ3n) is 2.17. The van der Waals surface area contributed by atoms with Crippen LogP contribution in [0.3, 0.4) is 0 Å². The van der Waals surface area contributed by atoms with Crippen LogP contribution < -0.4 is 5.32 Å². The van der Waals surface area contributed by atoms with Crippen LogP contribution in [-0.2, 0) is 9.53 Å². The van der Waals surface area contributed by atoms with Gasteiger partial charge in [-0.25, -0.2) is 0 Å². The molecule has 0 bridgehead atoms. The number of methoxy groups -OCH3 is 1. The Hall–Kier alpha value is -1.68. The number of carbonyl (C=O) groups excluding carboxylic acids is 2. The summed E-state index contributed by atoms with van der Waals surface area (Å²) >= 11 is 0. The van der Waals surface area contributed by atoms with Gasteiger partial charge in [0.15, 0.2) is 5.78 Å². The van der Waals surface area contributed by atoms with Gasteiger partial charge in [0.2, 0.25) is 5.91 Å². The van der Waals surface area contributed by atoms with Crippen LogP contribution in [0.15, 0.2) is 18.2 Å². The van der Waals surface area contributed by atoms with Crippen LogP contribution in [0.5, 0.6) is 0 Å². The van der Waals surface area contributed by atoms with Gasteiger partial charge in [0.25, 0.3) is 0 Å². The SMILES string of the molecule is COCC(=O)Nc1cccc(C)c1C(C)=O. The molecule has 0 radical (unpaired) electrons. The van der Waals surface area contributed by atoms with Gasteiger partial charge >= 0.3 is 0 Å². The molecule has 1 rings (SSSR count). The van der Waals surface area contributed by atoms with E-state index in [1.807, 2.05) is 13.0 Å². The van der Waals surface area contributed by atoms with Crippen LogP contribution in [0.1, 0.15) is 22.8 Å². The van der Waals surface area contributed by atoms with Gasteiger partial charge in [0, 0.05) is 12.7 Å². The molecule has 0 saturated carbocycles. The predicted molar refractivity (Wildman–Crippen MR) is 61.7 cm³/mol. The van der Waals surface area contributed by atoms with Crippen molar-refractivity contribution < 1.29 is 14.3 Å². The van der Waals surface area contributed by atoms with Crippen LogP contribution in [-0.4, -0.2) is 25.4 Å². The second-order valence-electron chi connectivity index (χ2n) is 3.53. The fourth-order valence-corrected chi connectivity index (χ4v) is 1.56. The van der Waals surface area contributed by atoms with Crippen molar-refractivity contribution in [1.82, 2.24) is 0 Å². The van der Waals surface area contributed by atoms with Gasteiger partial charge in [-0.3, -0.25) is 9.59 Å². The lowest BCUT2D eigenvalue weighted by Crippen LogP contribution is -2.19. The minimum absolute atomic E-state index is 0.0225. The number of hydrogen-bond acceptors (Lipinski definition) is 3. The van der Waals surface area contributed by atoms with E-state index in [1.54, 1.807) is 12.1 Å². The van der Waals surface area contributed by atoms with E-state index in [0.717, 1.165) is 5.56 Å². The number of ether oxygens (including phenoxy) is 1. The van der Waals surface area contributed by atoms with Gasteiger partial charge in [0.05, 0.1) is 5.69 Å². The average Bonchev–Trinajstić information content (AvgIpc) is 2.17. The number of amides is 1. The van der Waals surface area contributed by atoms with Gasteiger partial charge in [0.1, 0.15) is 6.61 Å². The first-order chi connectivity index (χ1) is 7.56. The molecule has 0 aliphatic heterocycles. The first-order valence-electron chi connectivity index (χ1n) is 4.95. The Balaban J connectivity index is 3.00. The zero-order chi connectivity index (χ0) is 12.1. The van der Waals surface area contributed by atoms with Crippen molar-refractivity contribution in [3.8, 4) is 0 Å². The number of ketones is 1. The van der Waals surface area contributed by atoms with Crippen molar-refractivity contribution in [3.63, 3.8) is 0 Å². The van der Waals surface area contributed by atoms with E-state index < -0.39 is 0 Å². The molecule has 1 amide bonds. The van der Waals surface area contributed by atoms with Crippen molar-refractivity contribution in [1.29, 1.82) is 0 Å². The van der Waals surface area contributed by atoms with Crippen molar-refractivity contribution in [3.05, 3.63) is 29.3 Å². The van der Waals surface area contributed by atoms with Crippen molar-refractivity contribution in [2.45, 2.75) is 13.8 Å². The summed E-state index contributed by atoms with van der Waals surface area (Å²) in [6, 6.07) is 5.34. The zero-order valence-electron chi connectivity index (χ0n) is 9.66. The standard InChI is InChI=1S/C12H15NO3/c1-8-5-4-6-10(12(8)9(2)14)13-11(15)7-16-3/h4-6H,7H2,1-3H3,(H,13,15). The highest BCUT2D eigenvalue weighted by atomic mass is 16.5. The monoisotopic (exact) mass is 221 g/mol. The number of carbonyl (C=O) groups is 2. The molecule has 0 aliphatic rings. The maximum atomic E-state index is 11.4. The third kappa shape index (κ3) is 2.90. The summed E-state index contributed by atoms with van der Waals surface area (Å²) in [4.78, 5) is 22.8. The van der Waals surface area contributed by atoms with Crippen LogP contribution >= 0.6 is 0 Å². The number of rotatable bonds is 4. The summed E-state index contributed by atoms with van der Waals surface area (Å²) in [7, 11) is 1.45. The minimum Gasteiger partial charge on any atom is -0.375 e. The highest BCUT2D eigenvalue weighted by Gasteiger charge is 2.12. The van der Waals surface area contributed by atoms with Gasteiger partial charge in [-0.1, -0.05) is 12.1 Å². The molecule has 1 aromatic rings. The smallest absolute Gasteiger partial charge is 0.250 e. The molecule has 86 valence electrons. The Morgan fingerprint density at radius 2 is 2.06 bits per heavy atom. The Kier molecular flexibility index (Phi) is 4.19. The molecule has 0 spiro atoms. The normalized spacial score (nSPS) is 9.94. The van der Waals surface area contributed by atoms with Crippen LogP contribution in [0, 0.1) is 6.92 Å². The average molecular weight is 221 g/mol. The van der Waals surface area contributed by atoms with Crippen LogP contribution in [0.4, 0.5) is 5.69 Å². The summed E-state index contributed by atoms with van der Waals surface area (Å²) in [5.41, 5.74) is 1.93. The molecular formula is C12H15NO3. The molecular weight excluding hydrogens is 206 g/mol. The zero-order valence-corrected chi connectivity index (χ0v) is 9.66. The van der Waals surface area contributed by atoms with Gasteiger partial charge in [-0.05, 0) is 25.5 Å².